The highest BCUT2D eigenvalue weighted by atomic mass is 16.1. The van der Waals surface area contributed by atoms with Gasteiger partial charge < -0.3 is 9.55 Å². The second-order valence-electron chi connectivity index (χ2n) is 6.84. The standard InChI is InChI=1S/C18H22N6O/c1-12(2)17-22-21-16-11-23(9-10-24(16)17)8-7-15-19-14-6-4-3-5-13(14)18(25)20-15/h3-6,12H,7-11H2,1-2H3,(H,19,20,25). The summed E-state index contributed by atoms with van der Waals surface area (Å²) >= 11 is 0. The van der Waals surface area contributed by atoms with Crippen molar-refractivity contribution in [2.75, 3.05) is 13.1 Å². The molecule has 0 atom stereocenters. The van der Waals surface area contributed by atoms with Gasteiger partial charge in [0.2, 0.25) is 0 Å². The molecular formula is C18H22N6O. The van der Waals surface area contributed by atoms with E-state index in [1.165, 1.54) is 0 Å². The smallest absolute Gasteiger partial charge is 0.258 e. The minimum absolute atomic E-state index is 0.0689. The minimum Gasteiger partial charge on any atom is -0.312 e. The Morgan fingerprint density at radius 2 is 2.04 bits per heavy atom. The van der Waals surface area contributed by atoms with Gasteiger partial charge in [0.15, 0.2) is 0 Å². The van der Waals surface area contributed by atoms with E-state index in [9.17, 15) is 4.79 Å². The van der Waals surface area contributed by atoms with Crippen LogP contribution in [0.5, 0.6) is 0 Å². The predicted octanol–water partition coefficient (Wildman–Crippen LogP) is 1.70. The van der Waals surface area contributed by atoms with Gasteiger partial charge >= 0.3 is 0 Å². The Kier molecular flexibility index (Phi) is 4.09. The number of nitrogens with zero attached hydrogens (tertiary/aromatic N) is 5. The summed E-state index contributed by atoms with van der Waals surface area (Å²) < 4.78 is 2.23. The molecule has 3 heterocycles. The van der Waals surface area contributed by atoms with Gasteiger partial charge in [-0.3, -0.25) is 9.69 Å². The van der Waals surface area contributed by atoms with Crippen molar-refractivity contribution in [3.05, 3.63) is 52.1 Å². The molecule has 1 aliphatic rings. The van der Waals surface area contributed by atoms with E-state index < -0.39 is 0 Å². The van der Waals surface area contributed by atoms with Crippen molar-refractivity contribution < 1.29 is 0 Å². The number of rotatable bonds is 4. The van der Waals surface area contributed by atoms with Gasteiger partial charge in [-0.2, -0.15) is 0 Å². The molecule has 3 aromatic rings. The van der Waals surface area contributed by atoms with Crippen LogP contribution in [0.1, 0.15) is 37.2 Å². The third kappa shape index (κ3) is 3.07. The molecule has 0 aliphatic carbocycles. The van der Waals surface area contributed by atoms with E-state index in [1.807, 2.05) is 18.2 Å². The number of hydrogen-bond acceptors (Lipinski definition) is 5. The topological polar surface area (TPSA) is 79.7 Å². The van der Waals surface area contributed by atoms with Crippen molar-refractivity contribution in [2.45, 2.75) is 39.3 Å². The molecule has 1 aliphatic heterocycles. The highest BCUT2D eigenvalue weighted by Gasteiger charge is 2.22. The van der Waals surface area contributed by atoms with Crippen molar-refractivity contribution in [1.29, 1.82) is 0 Å². The Labute approximate surface area is 145 Å². The summed E-state index contributed by atoms with van der Waals surface area (Å²) in [5.41, 5.74) is 0.682. The molecule has 0 unspecified atom stereocenters. The lowest BCUT2D eigenvalue weighted by Gasteiger charge is -2.27. The Morgan fingerprint density at radius 1 is 1.20 bits per heavy atom. The van der Waals surface area contributed by atoms with Crippen LogP contribution in [0.2, 0.25) is 0 Å². The minimum atomic E-state index is -0.0689. The lowest BCUT2D eigenvalue weighted by molar-refractivity contribution is 0.216. The van der Waals surface area contributed by atoms with Crippen LogP contribution in [0.3, 0.4) is 0 Å². The summed E-state index contributed by atoms with van der Waals surface area (Å²) in [5, 5.41) is 9.30. The number of nitrogens with one attached hydrogen (secondary N) is 1. The van der Waals surface area contributed by atoms with Gasteiger partial charge in [0.1, 0.15) is 17.5 Å². The fourth-order valence-corrected chi connectivity index (χ4v) is 3.37. The SMILES string of the molecule is CC(C)c1nnc2n1CCN(CCc1nc3ccccc3c(=O)[nH]1)C2. The molecule has 130 valence electrons. The summed E-state index contributed by atoms with van der Waals surface area (Å²) in [6, 6.07) is 7.44. The van der Waals surface area contributed by atoms with E-state index in [1.54, 1.807) is 6.07 Å². The summed E-state index contributed by atoms with van der Waals surface area (Å²) in [5.74, 6) is 3.21. The fraction of sp³-hybridized carbons (Fsp3) is 0.444. The van der Waals surface area contributed by atoms with Crippen LogP contribution in [0.4, 0.5) is 0 Å². The molecule has 1 aromatic carbocycles. The Hall–Kier alpha value is -2.54. The molecule has 7 nitrogen and oxygen atoms in total. The number of para-hydroxylation sites is 1. The first-order valence-electron chi connectivity index (χ1n) is 8.74. The number of aromatic amines is 1. The van der Waals surface area contributed by atoms with Gasteiger partial charge in [-0.1, -0.05) is 26.0 Å². The van der Waals surface area contributed by atoms with Crippen LogP contribution < -0.4 is 5.56 Å². The number of H-pyrrole nitrogens is 1. The Bertz CT molecular complexity index is 958. The summed E-state index contributed by atoms with van der Waals surface area (Å²) in [6.45, 7) is 7.79. The maximum atomic E-state index is 12.2. The fourth-order valence-electron chi connectivity index (χ4n) is 3.37. The van der Waals surface area contributed by atoms with Crippen molar-refractivity contribution in [2.24, 2.45) is 0 Å². The summed E-state index contributed by atoms with van der Waals surface area (Å²) in [6.07, 6.45) is 0.714. The van der Waals surface area contributed by atoms with E-state index in [0.29, 0.717) is 17.7 Å². The van der Waals surface area contributed by atoms with Gasteiger partial charge in [-0.05, 0) is 12.1 Å². The average Bonchev–Trinajstić information content (AvgIpc) is 3.03. The number of hydrogen-bond donors (Lipinski definition) is 1. The third-order valence-corrected chi connectivity index (χ3v) is 4.70. The second-order valence-corrected chi connectivity index (χ2v) is 6.84. The molecule has 0 fully saturated rings. The van der Waals surface area contributed by atoms with Gasteiger partial charge in [-0.15, -0.1) is 10.2 Å². The number of aromatic nitrogens is 5. The van der Waals surface area contributed by atoms with E-state index in [2.05, 4.69) is 43.5 Å². The van der Waals surface area contributed by atoms with Crippen molar-refractivity contribution in [3.8, 4) is 0 Å². The normalized spacial score (nSPS) is 15.0. The van der Waals surface area contributed by atoms with Gasteiger partial charge in [-0.25, -0.2) is 4.98 Å². The van der Waals surface area contributed by atoms with Gasteiger partial charge in [0.05, 0.1) is 17.4 Å². The molecule has 4 rings (SSSR count). The van der Waals surface area contributed by atoms with Crippen molar-refractivity contribution >= 4 is 10.9 Å². The average molecular weight is 338 g/mol. The molecule has 0 amide bonds. The maximum absolute atomic E-state index is 12.2. The largest absolute Gasteiger partial charge is 0.312 e. The molecule has 0 radical (unpaired) electrons. The molecule has 2 aromatic heterocycles. The van der Waals surface area contributed by atoms with Crippen LogP contribution in [0.15, 0.2) is 29.1 Å². The first-order valence-corrected chi connectivity index (χ1v) is 8.74. The van der Waals surface area contributed by atoms with Crippen LogP contribution in [-0.2, 0) is 19.5 Å². The van der Waals surface area contributed by atoms with E-state index in [0.717, 1.165) is 49.2 Å². The zero-order chi connectivity index (χ0) is 17.4. The van der Waals surface area contributed by atoms with Gasteiger partial charge in [0, 0.05) is 32.0 Å². The van der Waals surface area contributed by atoms with E-state index in [4.69, 9.17) is 0 Å². The molecule has 0 saturated carbocycles. The quantitative estimate of drug-likeness (QED) is 0.783. The molecule has 7 heteroatoms. The lowest BCUT2D eigenvalue weighted by atomic mass is 10.2. The first kappa shape index (κ1) is 16.0. The lowest BCUT2D eigenvalue weighted by Crippen LogP contribution is -2.36. The molecule has 0 saturated heterocycles. The predicted molar refractivity (Wildman–Crippen MR) is 95.5 cm³/mol. The summed E-state index contributed by atoms with van der Waals surface area (Å²) in [7, 11) is 0. The molecule has 1 N–H and O–H groups in total. The molecule has 25 heavy (non-hydrogen) atoms. The van der Waals surface area contributed by atoms with E-state index >= 15 is 0 Å². The second kappa shape index (κ2) is 6.40. The molecule has 0 spiro atoms. The number of fused-ring (bicyclic) bond motifs is 2. The first-order chi connectivity index (χ1) is 12.1. The highest BCUT2D eigenvalue weighted by Crippen LogP contribution is 2.18. The van der Waals surface area contributed by atoms with E-state index in [-0.39, 0.29) is 5.56 Å². The van der Waals surface area contributed by atoms with Crippen molar-refractivity contribution in [1.82, 2.24) is 29.6 Å². The van der Waals surface area contributed by atoms with Crippen LogP contribution >= 0.6 is 0 Å². The highest BCUT2D eigenvalue weighted by molar-refractivity contribution is 5.77. The van der Waals surface area contributed by atoms with Crippen LogP contribution in [0.25, 0.3) is 10.9 Å². The Balaban J connectivity index is 1.46. The third-order valence-electron chi connectivity index (χ3n) is 4.70. The molecule has 0 bridgehead atoms. The zero-order valence-electron chi connectivity index (χ0n) is 14.6. The van der Waals surface area contributed by atoms with Crippen LogP contribution in [-0.4, -0.2) is 42.7 Å². The summed E-state index contributed by atoms with van der Waals surface area (Å²) in [4.78, 5) is 22.0. The molecular weight excluding hydrogens is 316 g/mol. The van der Waals surface area contributed by atoms with Crippen LogP contribution in [0, 0.1) is 0 Å². The zero-order valence-corrected chi connectivity index (χ0v) is 14.6. The van der Waals surface area contributed by atoms with Crippen molar-refractivity contribution in [3.63, 3.8) is 0 Å². The Morgan fingerprint density at radius 3 is 2.88 bits per heavy atom. The maximum Gasteiger partial charge on any atom is 0.258 e. The number of benzene rings is 1. The monoisotopic (exact) mass is 338 g/mol. The van der Waals surface area contributed by atoms with Gasteiger partial charge in [0.25, 0.3) is 5.56 Å².